The summed E-state index contributed by atoms with van der Waals surface area (Å²) in [6.45, 7) is -0.00599. The first-order valence-corrected chi connectivity index (χ1v) is 7.12. The minimum Gasteiger partial charge on any atom is -0.453 e. The highest BCUT2D eigenvalue weighted by molar-refractivity contribution is 6.32. The second kappa shape index (κ2) is 6.10. The normalized spacial score (nSPS) is 10.7. The Bertz CT molecular complexity index is 871. The molecule has 1 aromatic heterocycles. The van der Waals surface area contributed by atoms with Gasteiger partial charge >= 0.3 is 0 Å². The molecule has 3 rings (SSSR count). The Kier molecular flexibility index (Phi) is 3.99. The number of hydrogen-bond acceptors (Lipinski definition) is 5. The Morgan fingerprint density at radius 2 is 2.00 bits per heavy atom. The molecule has 0 aliphatic carbocycles. The number of fused-ring (bicyclic) bond motifs is 1. The van der Waals surface area contributed by atoms with Gasteiger partial charge in [0.15, 0.2) is 5.76 Å². The molecule has 1 N–H and O–H groups in total. The molecule has 0 bridgehead atoms. The average Bonchev–Trinajstić information content (AvgIpc) is 2.96. The number of nitrogens with zero attached hydrogens (tertiary/aromatic N) is 1. The van der Waals surface area contributed by atoms with E-state index in [1.807, 2.05) is 18.2 Å². The number of hydrogen-bond donors (Lipinski definition) is 1. The highest BCUT2D eigenvalue weighted by Gasteiger charge is 2.14. The van der Waals surface area contributed by atoms with E-state index < -0.39 is 4.92 Å². The third kappa shape index (κ3) is 3.17. The first-order valence-electron chi connectivity index (χ1n) is 6.74. The number of furan rings is 1. The fourth-order valence-electron chi connectivity index (χ4n) is 2.15. The second-order valence-corrected chi connectivity index (χ2v) is 5.26. The predicted molar refractivity (Wildman–Crippen MR) is 87.1 cm³/mol. The monoisotopic (exact) mass is 330 g/mol. The molecule has 2 aromatic carbocycles. The summed E-state index contributed by atoms with van der Waals surface area (Å²) < 4.78 is 5.49. The van der Waals surface area contributed by atoms with Crippen LogP contribution in [-0.4, -0.2) is 17.3 Å². The van der Waals surface area contributed by atoms with Crippen molar-refractivity contribution in [2.75, 3.05) is 11.9 Å². The van der Waals surface area contributed by atoms with Crippen LogP contribution in [0.5, 0.6) is 0 Å². The molecule has 0 spiro atoms. The summed E-state index contributed by atoms with van der Waals surface area (Å²) in [7, 11) is 0. The molecule has 0 aliphatic rings. The van der Waals surface area contributed by atoms with Crippen molar-refractivity contribution >= 4 is 39.7 Å². The number of anilines is 1. The lowest BCUT2D eigenvalue weighted by molar-refractivity contribution is -0.384. The molecule has 0 unspecified atom stereocenters. The summed E-state index contributed by atoms with van der Waals surface area (Å²) in [6, 6.07) is 13.2. The van der Waals surface area contributed by atoms with E-state index in [2.05, 4.69) is 5.32 Å². The highest BCUT2D eigenvalue weighted by atomic mass is 35.5. The van der Waals surface area contributed by atoms with Crippen LogP contribution in [0.1, 0.15) is 10.6 Å². The van der Waals surface area contributed by atoms with E-state index in [0.29, 0.717) is 11.3 Å². The molecule has 0 atom stereocenters. The molecule has 0 saturated heterocycles. The molecule has 6 nitrogen and oxygen atoms in total. The van der Waals surface area contributed by atoms with Crippen molar-refractivity contribution < 1.29 is 14.1 Å². The number of nitrogens with one attached hydrogen (secondary N) is 1. The zero-order chi connectivity index (χ0) is 16.4. The fraction of sp³-hybridized carbons (Fsp3) is 0.0625. The van der Waals surface area contributed by atoms with Crippen molar-refractivity contribution in [3.8, 4) is 0 Å². The summed E-state index contributed by atoms with van der Waals surface area (Å²) in [4.78, 5) is 22.3. The maximum atomic E-state index is 12.2. The molecule has 0 aliphatic heterocycles. The first-order chi connectivity index (χ1) is 11.0. The summed E-state index contributed by atoms with van der Waals surface area (Å²) in [5.41, 5.74) is 0.986. The molecule has 0 amide bonds. The standard InChI is InChI=1S/C16H11ClN2O4/c17-12-8-11(5-6-13(12)19(21)22)18-9-14(20)16-7-10-3-1-2-4-15(10)23-16/h1-8,18H,9H2. The van der Waals surface area contributed by atoms with E-state index in [-0.39, 0.29) is 28.8 Å². The molecule has 3 aromatic rings. The predicted octanol–water partition coefficient (Wildman–Crippen LogP) is 4.29. The van der Waals surface area contributed by atoms with Crippen molar-refractivity contribution in [3.63, 3.8) is 0 Å². The van der Waals surface area contributed by atoms with Crippen LogP contribution in [0.25, 0.3) is 11.0 Å². The molecule has 0 fully saturated rings. The second-order valence-electron chi connectivity index (χ2n) is 4.85. The van der Waals surface area contributed by atoms with Crippen LogP contribution >= 0.6 is 11.6 Å². The zero-order valence-corrected chi connectivity index (χ0v) is 12.5. The largest absolute Gasteiger partial charge is 0.453 e. The molecular formula is C16H11ClN2O4. The molecular weight excluding hydrogens is 320 g/mol. The smallest absolute Gasteiger partial charge is 0.288 e. The van der Waals surface area contributed by atoms with Gasteiger partial charge in [0.1, 0.15) is 10.6 Å². The minimum absolute atomic E-state index is 0.00599. The number of carbonyl (C=O) groups excluding carboxylic acids is 1. The van der Waals surface area contributed by atoms with Crippen LogP contribution in [0.3, 0.4) is 0 Å². The lowest BCUT2D eigenvalue weighted by Gasteiger charge is -2.05. The maximum absolute atomic E-state index is 12.2. The van der Waals surface area contributed by atoms with Crippen molar-refractivity contribution in [1.29, 1.82) is 0 Å². The number of halogens is 1. The van der Waals surface area contributed by atoms with Crippen LogP contribution in [-0.2, 0) is 0 Å². The molecule has 23 heavy (non-hydrogen) atoms. The summed E-state index contributed by atoms with van der Waals surface area (Å²) in [6.07, 6.45) is 0. The van der Waals surface area contributed by atoms with Crippen LogP contribution in [0.15, 0.2) is 52.9 Å². The van der Waals surface area contributed by atoms with Crippen molar-refractivity contribution in [2.45, 2.75) is 0 Å². The van der Waals surface area contributed by atoms with Crippen molar-refractivity contribution in [2.24, 2.45) is 0 Å². The Morgan fingerprint density at radius 1 is 1.22 bits per heavy atom. The van der Waals surface area contributed by atoms with E-state index in [1.54, 1.807) is 12.1 Å². The van der Waals surface area contributed by atoms with E-state index in [4.69, 9.17) is 16.0 Å². The van der Waals surface area contributed by atoms with E-state index in [1.165, 1.54) is 18.2 Å². The van der Waals surface area contributed by atoms with Crippen molar-refractivity contribution in [3.05, 3.63) is 69.4 Å². The zero-order valence-electron chi connectivity index (χ0n) is 11.8. The number of ketones is 1. The number of benzene rings is 2. The third-order valence-corrected chi connectivity index (χ3v) is 3.60. The van der Waals surface area contributed by atoms with Gasteiger partial charge in [-0.05, 0) is 24.3 Å². The van der Waals surface area contributed by atoms with E-state index in [9.17, 15) is 14.9 Å². The van der Waals surface area contributed by atoms with Crippen LogP contribution in [0.4, 0.5) is 11.4 Å². The SMILES string of the molecule is O=C(CNc1ccc([N+](=O)[O-])c(Cl)c1)c1cc2ccccc2o1. The molecule has 116 valence electrons. The maximum Gasteiger partial charge on any atom is 0.288 e. The van der Waals surface area contributed by atoms with Gasteiger partial charge in [0.05, 0.1) is 11.5 Å². The van der Waals surface area contributed by atoms with Gasteiger partial charge in [0.25, 0.3) is 5.69 Å². The number of carbonyl (C=O) groups is 1. The highest BCUT2D eigenvalue weighted by Crippen LogP contribution is 2.27. The number of rotatable bonds is 5. The third-order valence-electron chi connectivity index (χ3n) is 3.30. The number of nitro groups is 1. The first kappa shape index (κ1) is 15.1. The van der Waals surface area contributed by atoms with E-state index in [0.717, 1.165) is 5.39 Å². The number of nitro benzene ring substituents is 1. The Hall–Kier alpha value is -2.86. The average molecular weight is 331 g/mol. The Morgan fingerprint density at radius 3 is 2.70 bits per heavy atom. The van der Waals surface area contributed by atoms with Gasteiger partial charge in [-0.3, -0.25) is 14.9 Å². The minimum atomic E-state index is -0.564. The van der Waals surface area contributed by atoms with Crippen LogP contribution in [0.2, 0.25) is 5.02 Å². The van der Waals surface area contributed by atoms with Gasteiger partial charge in [-0.25, -0.2) is 0 Å². The molecule has 7 heteroatoms. The summed E-state index contributed by atoms with van der Waals surface area (Å²) in [5.74, 6) is 0.0300. The molecule has 0 radical (unpaired) electrons. The van der Waals surface area contributed by atoms with Crippen LogP contribution in [0, 0.1) is 10.1 Å². The quantitative estimate of drug-likeness (QED) is 0.428. The van der Waals surface area contributed by atoms with Gasteiger partial charge in [-0.2, -0.15) is 0 Å². The van der Waals surface area contributed by atoms with Gasteiger partial charge < -0.3 is 9.73 Å². The summed E-state index contributed by atoms with van der Waals surface area (Å²) in [5, 5.41) is 14.4. The van der Waals surface area contributed by atoms with E-state index >= 15 is 0 Å². The number of para-hydroxylation sites is 1. The lowest BCUT2D eigenvalue weighted by Crippen LogP contribution is -2.13. The summed E-state index contributed by atoms with van der Waals surface area (Å²) >= 11 is 5.83. The van der Waals surface area contributed by atoms with Crippen LogP contribution < -0.4 is 5.32 Å². The fourth-order valence-corrected chi connectivity index (χ4v) is 2.40. The van der Waals surface area contributed by atoms with Gasteiger partial charge in [-0.15, -0.1) is 0 Å². The Balaban J connectivity index is 1.71. The van der Waals surface area contributed by atoms with Gasteiger partial charge in [0.2, 0.25) is 5.78 Å². The molecule has 1 heterocycles. The molecule has 0 saturated carbocycles. The Labute approximate surface area is 135 Å². The van der Waals surface area contributed by atoms with Crippen molar-refractivity contribution in [1.82, 2.24) is 0 Å². The lowest BCUT2D eigenvalue weighted by atomic mass is 10.2. The van der Waals surface area contributed by atoms with Gasteiger partial charge in [-0.1, -0.05) is 29.8 Å². The topological polar surface area (TPSA) is 85.4 Å². The number of Topliss-reactive ketones (excluding diaryl/α,β-unsaturated/α-hetero) is 1. The van der Waals surface area contributed by atoms with Gasteiger partial charge in [0, 0.05) is 17.1 Å².